The lowest BCUT2D eigenvalue weighted by Gasteiger charge is -2.23. The van der Waals surface area contributed by atoms with Gasteiger partial charge in [0.2, 0.25) is 0 Å². The van der Waals surface area contributed by atoms with Crippen LogP contribution in [0.15, 0.2) is 69.6 Å². The van der Waals surface area contributed by atoms with Gasteiger partial charge in [0, 0.05) is 60.4 Å². The summed E-state index contributed by atoms with van der Waals surface area (Å²) in [6, 6.07) is 14.8. The van der Waals surface area contributed by atoms with E-state index < -0.39 is 5.41 Å². The minimum atomic E-state index is -0.527. The summed E-state index contributed by atoms with van der Waals surface area (Å²) in [5.41, 5.74) is 1.06. The molecule has 0 aromatic heterocycles. The van der Waals surface area contributed by atoms with Crippen molar-refractivity contribution in [3.05, 3.63) is 71.3 Å². The normalized spacial score (nSPS) is 13.3. The van der Waals surface area contributed by atoms with Crippen LogP contribution >= 0.6 is 0 Å². The van der Waals surface area contributed by atoms with Gasteiger partial charge in [-0.3, -0.25) is 15.0 Å². The molecule has 3 aromatic carbocycles. The molecule has 0 atom stereocenters. The van der Waals surface area contributed by atoms with E-state index in [0.29, 0.717) is 53.6 Å². The molecule has 0 spiro atoms. The van der Waals surface area contributed by atoms with E-state index in [0.717, 1.165) is 0 Å². The first kappa shape index (κ1) is 28.0. The molecular weight excluding hydrogens is 486 g/mol. The van der Waals surface area contributed by atoms with Crippen molar-refractivity contribution in [3.8, 4) is 34.5 Å². The molecule has 3 N–H and O–H groups in total. The van der Waals surface area contributed by atoms with Crippen LogP contribution in [0, 0.1) is 5.41 Å². The first-order chi connectivity index (χ1) is 18.3. The van der Waals surface area contributed by atoms with E-state index in [1.165, 1.54) is 0 Å². The molecule has 0 fully saturated rings. The van der Waals surface area contributed by atoms with Crippen molar-refractivity contribution >= 4 is 18.6 Å². The number of rotatable bonds is 12. The third-order valence-corrected chi connectivity index (χ3v) is 5.81. The molecule has 3 aromatic rings. The summed E-state index contributed by atoms with van der Waals surface area (Å²) >= 11 is 0. The Labute approximate surface area is 222 Å². The molecule has 0 saturated heterocycles. The number of hydrogen-bond donors (Lipinski definition) is 3. The van der Waals surface area contributed by atoms with Gasteiger partial charge in [-0.25, -0.2) is 0 Å². The van der Waals surface area contributed by atoms with Gasteiger partial charge in [-0.15, -0.1) is 0 Å². The first-order valence-electron chi connectivity index (χ1n) is 11.9. The Morgan fingerprint density at radius 2 is 0.868 bits per heavy atom. The van der Waals surface area contributed by atoms with E-state index >= 15 is 0 Å². The van der Waals surface area contributed by atoms with Gasteiger partial charge in [0.1, 0.15) is 34.5 Å². The van der Waals surface area contributed by atoms with E-state index in [9.17, 15) is 15.3 Å². The molecule has 0 aliphatic carbocycles. The van der Waals surface area contributed by atoms with Crippen molar-refractivity contribution in [3.63, 3.8) is 0 Å². The highest BCUT2D eigenvalue weighted by Gasteiger charge is 2.23. The second-order valence-electron chi connectivity index (χ2n) is 8.99. The van der Waals surface area contributed by atoms with E-state index in [1.54, 1.807) is 94.6 Å². The maximum Gasteiger partial charge on any atom is 0.124 e. The predicted octanol–water partition coefficient (Wildman–Crippen LogP) is 4.49. The molecule has 0 aliphatic rings. The summed E-state index contributed by atoms with van der Waals surface area (Å²) < 4.78 is 15.7. The number of aliphatic imine (C=N–C) groups is 3. The number of phenolic OH excluding ortho intramolecular Hbond substituents is 3. The standard InChI is InChI=1S/C29H33N3O6/c1-29(17-30-14-20-11-23(36-2)5-8-26(20)33,18-31-15-21-12-24(37-3)6-9-27(21)34)19-32-16-22-13-25(38-4)7-10-28(22)35/h5-16,33-35H,17-19H2,1-4H3. The molecule has 0 amide bonds. The fourth-order valence-electron chi connectivity index (χ4n) is 3.53. The molecule has 200 valence electrons. The van der Waals surface area contributed by atoms with Crippen molar-refractivity contribution in [1.82, 2.24) is 0 Å². The first-order valence-corrected chi connectivity index (χ1v) is 11.9. The second-order valence-corrected chi connectivity index (χ2v) is 8.99. The minimum Gasteiger partial charge on any atom is -0.507 e. The molecular formula is C29H33N3O6. The molecule has 0 aliphatic heterocycles. The maximum atomic E-state index is 10.2. The van der Waals surface area contributed by atoms with E-state index in [4.69, 9.17) is 14.2 Å². The molecule has 0 bridgehead atoms. The molecule has 0 unspecified atom stereocenters. The molecule has 38 heavy (non-hydrogen) atoms. The van der Waals surface area contributed by atoms with Gasteiger partial charge in [-0.2, -0.15) is 0 Å². The number of nitrogens with zero attached hydrogens (tertiary/aromatic N) is 3. The smallest absolute Gasteiger partial charge is 0.124 e. The number of ether oxygens (including phenoxy) is 3. The van der Waals surface area contributed by atoms with Crippen LogP contribution in [0.5, 0.6) is 34.5 Å². The van der Waals surface area contributed by atoms with E-state index in [2.05, 4.69) is 15.0 Å². The van der Waals surface area contributed by atoms with Crippen molar-refractivity contribution in [1.29, 1.82) is 0 Å². The Balaban J connectivity index is 1.82. The Kier molecular flexibility index (Phi) is 9.70. The van der Waals surface area contributed by atoms with Gasteiger partial charge in [-0.05, 0) is 54.6 Å². The topological polar surface area (TPSA) is 125 Å². The summed E-state index contributed by atoms with van der Waals surface area (Å²) in [5.74, 6) is 2.10. The molecule has 0 saturated carbocycles. The fourth-order valence-corrected chi connectivity index (χ4v) is 3.53. The monoisotopic (exact) mass is 519 g/mol. The van der Waals surface area contributed by atoms with E-state index in [-0.39, 0.29) is 17.2 Å². The van der Waals surface area contributed by atoms with Crippen LogP contribution in [0.3, 0.4) is 0 Å². The summed E-state index contributed by atoms with van der Waals surface area (Å²) in [6.45, 7) is 3.01. The lowest BCUT2D eigenvalue weighted by atomic mass is 9.91. The Morgan fingerprint density at radius 3 is 1.13 bits per heavy atom. The number of benzene rings is 3. The fraction of sp³-hybridized carbons (Fsp3) is 0.276. The molecule has 3 rings (SSSR count). The molecule has 9 nitrogen and oxygen atoms in total. The summed E-state index contributed by atoms with van der Waals surface area (Å²) in [7, 11) is 4.67. The highest BCUT2D eigenvalue weighted by molar-refractivity contribution is 5.85. The molecule has 0 radical (unpaired) electrons. The van der Waals surface area contributed by atoms with Crippen molar-refractivity contribution in [2.75, 3.05) is 41.0 Å². The van der Waals surface area contributed by atoms with E-state index in [1.807, 2.05) is 6.92 Å². The zero-order chi connectivity index (χ0) is 27.5. The van der Waals surface area contributed by atoms with Gasteiger partial charge in [0.05, 0.1) is 21.3 Å². The second kappa shape index (κ2) is 13.1. The van der Waals surface area contributed by atoms with Crippen molar-refractivity contribution < 1.29 is 29.5 Å². The largest absolute Gasteiger partial charge is 0.507 e. The number of phenols is 3. The van der Waals surface area contributed by atoms with Gasteiger partial charge in [0.15, 0.2) is 0 Å². The summed E-state index contributed by atoms with van der Waals surface area (Å²) in [5, 5.41) is 30.5. The zero-order valence-electron chi connectivity index (χ0n) is 22.0. The Morgan fingerprint density at radius 1 is 0.579 bits per heavy atom. The van der Waals surface area contributed by atoms with Gasteiger partial charge < -0.3 is 29.5 Å². The van der Waals surface area contributed by atoms with Gasteiger partial charge in [-0.1, -0.05) is 6.92 Å². The Hall–Kier alpha value is -4.53. The number of hydrogen-bond acceptors (Lipinski definition) is 9. The summed E-state index contributed by atoms with van der Waals surface area (Å²) in [4.78, 5) is 13.7. The van der Waals surface area contributed by atoms with Gasteiger partial charge >= 0.3 is 0 Å². The van der Waals surface area contributed by atoms with Crippen LogP contribution in [0.2, 0.25) is 0 Å². The predicted molar refractivity (Wildman–Crippen MR) is 149 cm³/mol. The third-order valence-electron chi connectivity index (χ3n) is 5.81. The average Bonchev–Trinajstić information content (AvgIpc) is 2.92. The van der Waals surface area contributed by atoms with Crippen LogP contribution in [0.4, 0.5) is 0 Å². The Bertz CT molecular complexity index is 1160. The van der Waals surface area contributed by atoms with Crippen molar-refractivity contribution in [2.45, 2.75) is 6.92 Å². The lowest BCUT2D eigenvalue weighted by molar-refractivity contribution is 0.366. The van der Waals surface area contributed by atoms with Crippen LogP contribution in [0.1, 0.15) is 23.6 Å². The quantitative estimate of drug-likeness (QED) is 0.303. The van der Waals surface area contributed by atoms with Crippen molar-refractivity contribution in [2.24, 2.45) is 20.4 Å². The minimum absolute atomic E-state index is 0.0919. The zero-order valence-corrected chi connectivity index (χ0v) is 22.0. The molecule has 9 heteroatoms. The highest BCUT2D eigenvalue weighted by Crippen LogP contribution is 2.25. The average molecular weight is 520 g/mol. The highest BCUT2D eigenvalue weighted by atomic mass is 16.5. The molecule has 0 heterocycles. The van der Waals surface area contributed by atoms with Crippen LogP contribution in [-0.2, 0) is 0 Å². The van der Waals surface area contributed by atoms with Crippen LogP contribution in [-0.4, -0.2) is 74.9 Å². The summed E-state index contributed by atoms with van der Waals surface area (Å²) in [6.07, 6.45) is 4.77. The maximum absolute atomic E-state index is 10.2. The SMILES string of the molecule is COc1ccc(O)c(C=NCC(C)(CN=Cc2cc(OC)ccc2O)CN=Cc2cc(OC)ccc2O)c1. The van der Waals surface area contributed by atoms with Crippen LogP contribution in [0.25, 0.3) is 0 Å². The number of aromatic hydroxyl groups is 3. The lowest BCUT2D eigenvalue weighted by Crippen LogP contribution is -2.28. The van der Waals surface area contributed by atoms with Crippen LogP contribution < -0.4 is 14.2 Å². The third kappa shape index (κ3) is 7.73. The number of methoxy groups -OCH3 is 3. The van der Waals surface area contributed by atoms with Gasteiger partial charge in [0.25, 0.3) is 0 Å².